The van der Waals surface area contributed by atoms with E-state index >= 15 is 0 Å². The molecule has 0 saturated heterocycles. The number of carbonyl (C=O) groups is 1. The predicted molar refractivity (Wildman–Crippen MR) is 97.9 cm³/mol. The molecule has 0 radical (unpaired) electrons. The molecule has 1 atom stereocenters. The molecule has 128 valence electrons. The van der Waals surface area contributed by atoms with Crippen LogP contribution in [-0.2, 0) is 9.53 Å². The van der Waals surface area contributed by atoms with Crippen LogP contribution in [0.15, 0.2) is 78.2 Å². The number of fused-ring (bicyclic) bond motifs is 1. The maximum absolute atomic E-state index is 11.7. The smallest absolute Gasteiger partial charge is 0.220 e. The highest BCUT2D eigenvalue weighted by Crippen LogP contribution is 2.25. The van der Waals surface area contributed by atoms with Crippen molar-refractivity contribution in [1.82, 2.24) is 5.06 Å². The first-order chi connectivity index (χ1) is 12.1. The van der Waals surface area contributed by atoms with Crippen molar-refractivity contribution in [2.75, 3.05) is 6.61 Å². The zero-order valence-corrected chi connectivity index (χ0v) is 14.3. The first kappa shape index (κ1) is 17.0. The number of benzene rings is 2. The second kappa shape index (κ2) is 7.36. The van der Waals surface area contributed by atoms with Crippen molar-refractivity contribution in [2.45, 2.75) is 19.9 Å². The maximum atomic E-state index is 11.7. The summed E-state index contributed by atoms with van der Waals surface area (Å²) in [4.78, 5) is 11.7. The Hall–Kier alpha value is -2.85. The van der Waals surface area contributed by atoms with Crippen LogP contribution in [0.4, 0.5) is 0 Å². The molecule has 25 heavy (non-hydrogen) atoms. The van der Waals surface area contributed by atoms with Crippen LogP contribution in [-0.4, -0.2) is 22.7 Å². The molecule has 4 heteroatoms. The lowest BCUT2D eigenvalue weighted by Gasteiger charge is -2.22. The Kier molecular flexibility index (Phi) is 5.00. The standard InChI is InChI=1S/C21H21NO3/c1-3-25-21-12-16(8-11-20(21)23)14-22(24)15(2)18-10-9-17-6-4-5-7-19(17)13-18/h4-15,24H,3H2,1-2H3. The lowest BCUT2D eigenvalue weighted by molar-refractivity contribution is -0.114. The number of rotatable bonds is 5. The number of nitrogens with zero attached hydrogens (tertiary/aromatic N) is 1. The number of ether oxygens (including phenoxy) is 1. The fourth-order valence-corrected chi connectivity index (χ4v) is 2.76. The summed E-state index contributed by atoms with van der Waals surface area (Å²) in [7, 11) is 0. The van der Waals surface area contributed by atoms with Crippen LogP contribution < -0.4 is 0 Å². The lowest BCUT2D eigenvalue weighted by Crippen LogP contribution is -2.18. The summed E-state index contributed by atoms with van der Waals surface area (Å²) in [5.74, 6) is 0.133. The van der Waals surface area contributed by atoms with E-state index in [4.69, 9.17) is 4.74 Å². The Morgan fingerprint density at radius 3 is 2.68 bits per heavy atom. The maximum Gasteiger partial charge on any atom is 0.220 e. The summed E-state index contributed by atoms with van der Waals surface area (Å²) >= 11 is 0. The Labute approximate surface area is 147 Å². The van der Waals surface area contributed by atoms with Gasteiger partial charge in [0.15, 0.2) is 5.76 Å². The van der Waals surface area contributed by atoms with E-state index in [9.17, 15) is 10.0 Å². The van der Waals surface area contributed by atoms with Crippen LogP contribution in [0.25, 0.3) is 10.8 Å². The van der Waals surface area contributed by atoms with Gasteiger partial charge in [0, 0.05) is 6.20 Å². The molecule has 0 heterocycles. The average molecular weight is 335 g/mol. The minimum Gasteiger partial charge on any atom is -0.490 e. The van der Waals surface area contributed by atoms with E-state index in [2.05, 4.69) is 24.3 Å². The van der Waals surface area contributed by atoms with Crippen LogP contribution in [0.5, 0.6) is 0 Å². The molecule has 1 aliphatic carbocycles. The summed E-state index contributed by atoms with van der Waals surface area (Å²) < 4.78 is 5.32. The van der Waals surface area contributed by atoms with Gasteiger partial charge in [-0.1, -0.05) is 36.4 Å². The number of hydrogen-bond donors (Lipinski definition) is 1. The first-order valence-corrected chi connectivity index (χ1v) is 8.33. The van der Waals surface area contributed by atoms with E-state index in [0.717, 1.165) is 16.0 Å². The highest BCUT2D eigenvalue weighted by molar-refractivity contribution is 6.04. The van der Waals surface area contributed by atoms with Crippen LogP contribution in [0.1, 0.15) is 25.5 Å². The molecule has 0 saturated carbocycles. The Bertz CT molecular complexity index is 880. The van der Waals surface area contributed by atoms with Crippen molar-refractivity contribution >= 4 is 16.6 Å². The summed E-state index contributed by atoms with van der Waals surface area (Å²) in [6.07, 6.45) is 6.36. The molecular formula is C21H21NO3. The molecule has 0 amide bonds. The van der Waals surface area contributed by atoms with Gasteiger partial charge in [0.1, 0.15) is 0 Å². The van der Waals surface area contributed by atoms with Crippen molar-refractivity contribution in [1.29, 1.82) is 0 Å². The molecule has 1 N–H and O–H groups in total. The number of hydroxylamine groups is 2. The van der Waals surface area contributed by atoms with E-state index in [-0.39, 0.29) is 11.8 Å². The van der Waals surface area contributed by atoms with Crippen LogP contribution in [0.2, 0.25) is 0 Å². The van der Waals surface area contributed by atoms with Gasteiger partial charge in [-0.25, -0.2) is 0 Å². The molecule has 0 spiro atoms. The van der Waals surface area contributed by atoms with E-state index in [1.54, 1.807) is 18.4 Å². The molecule has 0 aliphatic heterocycles. The van der Waals surface area contributed by atoms with Crippen LogP contribution >= 0.6 is 0 Å². The van der Waals surface area contributed by atoms with Gasteiger partial charge >= 0.3 is 0 Å². The van der Waals surface area contributed by atoms with Gasteiger partial charge in [-0.05, 0) is 60.1 Å². The third-order valence-corrected chi connectivity index (χ3v) is 4.20. The van der Waals surface area contributed by atoms with Crippen molar-refractivity contribution < 1.29 is 14.7 Å². The Morgan fingerprint density at radius 1 is 1.16 bits per heavy atom. The zero-order valence-electron chi connectivity index (χ0n) is 14.3. The summed E-state index contributed by atoms with van der Waals surface area (Å²) in [5, 5.41) is 13.9. The van der Waals surface area contributed by atoms with Crippen molar-refractivity contribution in [3.63, 3.8) is 0 Å². The van der Waals surface area contributed by atoms with Crippen LogP contribution in [0, 0.1) is 0 Å². The predicted octanol–water partition coefficient (Wildman–Crippen LogP) is 4.54. The molecule has 1 unspecified atom stereocenters. The fourth-order valence-electron chi connectivity index (χ4n) is 2.76. The summed E-state index contributed by atoms with van der Waals surface area (Å²) in [5.41, 5.74) is 1.71. The zero-order chi connectivity index (χ0) is 17.8. The summed E-state index contributed by atoms with van der Waals surface area (Å²) in [6, 6.07) is 14.0. The molecule has 4 nitrogen and oxygen atoms in total. The topological polar surface area (TPSA) is 49.8 Å². The SMILES string of the molecule is CCOC1=CC(=CN(O)C(C)c2ccc3ccccc3c2)C=CC1=O. The van der Waals surface area contributed by atoms with Crippen molar-refractivity contribution in [2.24, 2.45) is 0 Å². The third-order valence-electron chi connectivity index (χ3n) is 4.20. The highest BCUT2D eigenvalue weighted by Gasteiger charge is 2.15. The van der Waals surface area contributed by atoms with Gasteiger partial charge in [-0.15, -0.1) is 0 Å². The largest absolute Gasteiger partial charge is 0.490 e. The van der Waals surface area contributed by atoms with Gasteiger partial charge in [-0.3, -0.25) is 15.1 Å². The Balaban J connectivity index is 1.82. The van der Waals surface area contributed by atoms with Crippen LogP contribution in [0.3, 0.4) is 0 Å². The van der Waals surface area contributed by atoms with E-state index in [0.29, 0.717) is 17.9 Å². The first-order valence-electron chi connectivity index (χ1n) is 8.33. The molecule has 1 aliphatic rings. The molecule has 2 aromatic rings. The minimum atomic E-state index is -0.230. The molecular weight excluding hydrogens is 314 g/mol. The average Bonchev–Trinajstić information content (AvgIpc) is 2.63. The molecule has 3 rings (SSSR count). The number of allylic oxidation sites excluding steroid dienone is 4. The number of ketones is 1. The quantitative estimate of drug-likeness (QED) is 0.815. The monoisotopic (exact) mass is 335 g/mol. The van der Waals surface area contributed by atoms with E-state index in [1.165, 1.54) is 11.5 Å². The second-order valence-electron chi connectivity index (χ2n) is 5.93. The molecule has 0 aromatic heterocycles. The minimum absolute atomic E-state index is 0.161. The summed E-state index contributed by atoms with van der Waals surface area (Å²) in [6.45, 7) is 4.18. The second-order valence-corrected chi connectivity index (χ2v) is 5.93. The molecule has 0 bridgehead atoms. The van der Waals surface area contributed by atoms with E-state index in [1.807, 2.05) is 32.0 Å². The van der Waals surface area contributed by atoms with Gasteiger partial charge in [0.25, 0.3) is 0 Å². The number of carbonyl (C=O) groups excluding carboxylic acids is 1. The van der Waals surface area contributed by atoms with Crippen molar-refractivity contribution in [3.8, 4) is 0 Å². The molecule has 0 fully saturated rings. The van der Waals surface area contributed by atoms with Gasteiger partial charge in [0.05, 0.1) is 12.6 Å². The lowest BCUT2D eigenvalue weighted by atomic mass is 10.0. The number of hydrogen-bond acceptors (Lipinski definition) is 4. The molecule has 2 aromatic carbocycles. The van der Waals surface area contributed by atoms with Crippen molar-refractivity contribution in [3.05, 3.63) is 83.8 Å². The van der Waals surface area contributed by atoms with Gasteiger partial charge in [0.2, 0.25) is 5.78 Å². The van der Waals surface area contributed by atoms with E-state index < -0.39 is 0 Å². The fraction of sp³-hybridized carbons (Fsp3) is 0.190. The third kappa shape index (κ3) is 3.80. The van der Waals surface area contributed by atoms with Gasteiger partial charge in [-0.2, -0.15) is 0 Å². The normalized spacial score (nSPS) is 16.8. The van der Waals surface area contributed by atoms with Gasteiger partial charge < -0.3 is 4.74 Å². The Morgan fingerprint density at radius 2 is 1.92 bits per heavy atom. The highest BCUT2D eigenvalue weighted by atomic mass is 16.5.